The number of Topliss-reactive ketones (excluding diaryl/α,β-unsaturated/α-hetero) is 1. The Kier molecular flexibility index (Phi) is 6.54. The first-order chi connectivity index (χ1) is 15.7. The standard InChI is InChI=1S/C29H33ClN2O/c1-19(20-9-12-22(13-10-20)32(4)16-15-30)27-24(17-29(2,3)18-26(27)33)28-23-8-6-5-7-21(23)11-14-25(28)31/h5-14,19H,15-18,31H2,1-4H3/t19-/m0/s1. The molecule has 1 aliphatic carbocycles. The lowest BCUT2D eigenvalue weighted by molar-refractivity contribution is -0.118. The van der Waals surface area contributed by atoms with Crippen LogP contribution in [0.2, 0.25) is 0 Å². The molecule has 4 heteroatoms. The molecule has 1 aliphatic rings. The van der Waals surface area contributed by atoms with Gasteiger partial charge in [-0.05, 0) is 51.9 Å². The minimum Gasteiger partial charge on any atom is -0.398 e. The van der Waals surface area contributed by atoms with Crippen LogP contribution in [-0.4, -0.2) is 25.3 Å². The van der Waals surface area contributed by atoms with E-state index in [-0.39, 0.29) is 17.1 Å². The molecule has 3 nitrogen and oxygen atoms in total. The number of fused-ring (bicyclic) bond motifs is 1. The van der Waals surface area contributed by atoms with E-state index in [0.717, 1.165) is 57.4 Å². The van der Waals surface area contributed by atoms with Gasteiger partial charge in [-0.25, -0.2) is 0 Å². The Bertz CT molecular complexity index is 1210. The van der Waals surface area contributed by atoms with Gasteiger partial charge in [-0.1, -0.05) is 63.2 Å². The maximum atomic E-state index is 13.6. The molecule has 0 spiro atoms. The third-order valence-electron chi connectivity index (χ3n) is 6.87. The summed E-state index contributed by atoms with van der Waals surface area (Å²) in [6.07, 6.45) is 1.38. The molecule has 0 aromatic heterocycles. The Morgan fingerprint density at radius 2 is 1.73 bits per heavy atom. The Morgan fingerprint density at radius 3 is 2.42 bits per heavy atom. The van der Waals surface area contributed by atoms with Crippen molar-refractivity contribution in [3.8, 4) is 0 Å². The molecule has 0 bridgehead atoms. The molecule has 2 N–H and O–H groups in total. The molecule has 0 amide bonds. The third-order valence-corrected chi connectivity index (χ3v) is 7.04. The first-order valence-electron chi connectivity index (χ1n) is 11.6. The highest BCUT2D eigenvalue weighted by molar-refractivity contribution is 6.18. The van der Waals surface area contributed by atoms with Crippen LogP contribution < -0.4 is 10.6 Å². The van der Waals surface area contributed by atoms with E-state index in [4.69, 9.17) is 17.3 Å². The highest BCUT2D eigenvalue weighted by Crippen LogP contribution is 2.48. The summed E-state index contributed by atoms with van der Waals surface area (Å²) in [4.78, 5) is 15.7. The number of alkyl halides is 1. The number of allylic oxidation sites excluding steroid dienone is 2. The van der Waals surface area contributed by atoms with E-state index >= 15 is 0 Å². The van der Waals surface area contributed by atoms with Crippen LogP contribution in [0.15, 0.2) is 66.2 Å². The number of rotatable bonds is 6. The first kappa shape index (κ1) is 23.4. The molecule has 0 saturated carbocycles. The van der Waals surface area contributed by atoms with Crippen molar-refractivity contribution in [2.45, 2.75) is 39.5 Å². The highest BCUT2D eigenvalue weighted by Gasteiger charge is 2.36. The van der Waals surface area contributed by atoms with Crippen LogP contribution in [0.5, 0.6) is 0 Å². The molecule has 33 heavy (non-hydrogen) atoms. The van der Waals surface area contributed by atoms with E-state index in [9.17, 15) is 4.79 Å². The average molecular weight is 461 g/mol. The molecule has 172 valence electrons. The fraction of sp³-hybridized carbons (Fsp3) is 0.345. The molecule has 0 unspecified atom stereocenters. The molecular formula is C29H33ClN2O. The van der Waals surface area contributed by atoms with Crippen molar-refractivity contribution in [2.75, 3.05) is 30.1 Å². The van der Waals surface area contributed by atoms with Gasteiger partial charge < -0.3 is 10.6 Å². The molecule has 3 aromatic carbocycles. The molecule has 0 radical (unpaired) electrons. The van der Waals surface area contributed by atoms with Crippen LogP contribution in [0.4, 0.5) is 11.4 Å². The van der Waals surface area contributed by atoms with Crippen LogP contribution in [0.1, 0.15) is 50.7 Å². The van der Waals surface area contributed by atoms with Gasteiger partial charge in [-0.3, -0.25) is 4.79 Å². The molecule has 0 aliphatic heterocycles. The molecule has 0 heterocycles. The number of benzene rings is 3. The maximum Gasteiger partial charge on any atom is 0.160 e. The van der Waals surface area contributed by atoms with Gasteiger partial charge in [0.2, 0.25) is 0 Å². The van der Waals surface area contributed by atoms with E-state index in [1.54, 1.807) is 0 Å². The van der Waals surface area contributed by atoms with Gasteiger partial charge in [0.05, 0.1) is 0 Å². The number of nitrogens with zero attached hydrogens (tertiary/aromatic N) is 1. The van der Waals surface area contributed by atoms with Crippen molar-refractivity contribution in [1.82, 2.24) is 0 Å². The molecule has 0 fully saturated rings. The van der Waals surface area contributed by atoms with Crippen molar-refractivity contribution in [1.29, 1.82) is 0 Å². The monoisotopic (exact) mass is 460 g/mol. The van der Waals surface area contributed by atoms with Gasteiger partial charge in [-0.15, -0.1) is 11.6 Å². The Hall–Kier alpha value is -2.78. The largest absolute Gasteiger partial charge is 0.398 e. The van der Waals surface area contributed by atoms with E-state index < -0.39 is 0 Å². The van der Waals surface area contributed by atoms with Gasteiger partial charge in [0.15, 0.2) is 5.78 Å². The van der Waals surface area contributed by atoms with Crippen LogP contribution in [0, 0.1) is 5.41 Å². The van der Waals surface area contributed by atoms with Crippen LogP contribution in [-0.2, 0) is 4.79 Å². The second-order valence-electron chi connectivity index (χ2n) is 10.0. The van der Waals surface area contributed by atoms with Crippen LogP contribution in [0.3, 0.4) is 0 Å². The second kappa shape index (κ2) is 9.23. The second-order valence-corrected chi connectivity index (χ2v) is 10.4. The number of carbonyl (C=O) groups is 1. The summed E-state index contributed by atoms with van der Waals surface area (Å²) in [6, 6.07) is 20.8. The summed E-state index contributed by atoms with van der Waals surface area (Å²) in [5.74, 6) is 0.792. The zero-order valence-corrected chi connectivity index (χ0v) is 20.7. The van der Waals surface area contributed by atoms with Crippen molar-refractivity contribution in [3.63, 3.8) is 0 Å². The molecule has 4 rings (SSSR count). The average Bonchev–Trinajstić information content (AvgIpc) is 2.78. The van der Waals surface area contributed by atoms with Gasteiger partial charge in [0.25, 0.3) is 0 Å². The fourth-order valence-corrected chi connectivity index (χ4v) is 5.38. The van der Waals surface area contributed by atoms with E-state index in [0.29, 0.717) is 12.3 Å². The van der Waals surface area contributed by atoms with Gasteiger partial charge in [0, 0.05) is 54.3 Å². The zero-order valence-electron chi connectivity index (χ0n) is 20.0. The highest BCUT2D eigenvalue weighted by atomic mass is 35.5. The Labute approximate surface area is 202 Å². The molecular weight excluding hydrogens is 428 g/mol. The summed E-state index contributed by atoms with van der Waals surface area (Å²) in [6.45, 7) is 7.29. The summed E-state index contributed by atoms with van der Waals surface area (Å²) in [5.41, 5.74) is 12.5. The number of hydrogen-bond acceptors (Lipinski definition) is 3. The number of anilines is 2. The summed E-state index contributed by atoms with van der Waals surface area (Å²) in [5, 5.41) is 2.25. The normalized spacial score (nSPS) is 16.8. The van der Waals surface area contributed by atoms with Crippen molar-refractivity contribution < 1.29 is 4.79 Å². The minimum atomic E-state index is -0.104. The third kappa shape index (κ3) is 4.65. The van der Waals surface area contributed by atoms with Crippen molar-refractivity contribution in [3.05, 3.63) is 77.4 Å². The molecule has 3 aromatic rings. The van der Waals surface area contributed by atoms with Crippen LogP contribution in [0.25, 0.3) is 16.3 Å². The van der Waals surface area contributed by atoms with E-state index in [2.05, 4.69) is 68.1 Å². The number of nitrogen functional groups attached to an aromatic ring is 1. The number of hydrogen-bond donors (Lipinski definition) is 1. The number of halogens is 1. The number of ketones is 1. The SMILES string of the molecule is C[C@H](C1=C(c2c(N)ccc3ccccc23)CC(C)(C)CC1=O)c1ccc(N(C)CCCl)cc1. The lowest BCUT2D eigenvalue weighted by Crippen LogP contribution is -2.27. The Morgan fingerprint density at radius 1 is 1.03 bits per heavy atom. The lowest BCUT2D eigenvalue weighted by atomic mass is 9.68. The maximum absolute atomic E-state index is 13.6. The van der Waals surface area contributed by atoms with Gasteiger partial charge in [-0.2, -0.15) is 0 Å². The van der Waals surface area contributed by atoms with Gasteiger partial charge in [0.1, 0.15) is 0 Å². The topological polar surface area (TPSA) is 46.3 Å². The summed E-state index contributed by atoms with van der Waals surface area (Å²) < 4.78 is 0. The molecule has 1 atom stereocenters. The fourth-order valence-electron chi connectivity index (χ4n) is 5.13. The van der Waals surface area contributed by atoms with Crippen molar-refractivity contribution >= 4 is 45.1 Å². The first-order valence-corrected chi connectivity index (χ1v) is 12.2. The smallest absolute Gasteiger partial charge is 0.160 e. The lowest BCUT2D eigenvalue weighted by Gasteiger charge is -2.35. The van der Waals surface area contributed by atoms with Crippen LogP contribution >= 0.6 is 11.6 Å². The molecule has 0 saturated heterocycles. The van der Waals surface area contributed by atoms with Gasteiger partial charge >= 0.3 is 0 Å². The van der Waals surface area contributed by atoms with E-state index in [1.807, 2.05) is 25.2 Å². The number of carbonyl (C=O) groups excluding carboxylic acids is 1. The summed E-state index contributed by atoms with van der Waals surface area (Å²) >= 11 is 5.90. The predicted octanol–water partition coefficient (Wildman–Crippen LogP) is 7.04. The predicted molar refractivity (Wildman–Crippen MR) is 142 cm³/mol. The Balaban J connectivity index is 1.87. The minimum absolute atomic E-state index is 0.0191. The quantitative estimate of drug-likeness (QED) is 0.317. The van der Waals surface area contributed by atoms with E-state index in [1.165, 1.54) is 0 Å². The number of nitrogens with two attached hydrogens (primary N) is 1. The summed E-state index contributed by atoms with van der Waals surface area (Å²) in [7, 11) is 2.04. The zero-order chi connectivity index (χ0) is 23.8. The van der Waals surface area contributed by atoms with Crippen molar-refractivity contribution in [2.24, 2.45) is 5.41 Å².